The van der Waals surface area contributed by atoms with Crippen molar-refractivity contribution in [3.63, 3.8) is 0 Å². The first kappa shape index (κ1) is 14.4. The van der Waals surface area contributed by atoms with E-state index >= 15 is 0 Å². The van der Waals surface area contributed by atoms with Gasteiger partial charge >= 0.3 is 12.1 Å². The molecule has 2 unspecified atom stereocenters. The van der Waals surface area contributed by atoms with E-state index in [1.54, 1.807) is 0 Å². The molecule has 1 aromatic heterocycles. The van der Waals surface area contributed by atoms with Crippen LogP contribution in [0.3, 0.4) is 0 Å². The molecule has 1 rings (SSSR count). The summed E-state index contributed by atoms with van der Waals surface area (Å²) in [6, 6.07) is 1.72. The van der Waals surface area contributed by atoms with E-state index in [2.05, 4.69) is 9.72 Å². The van der Waals surface area contributed by atoms with Gasteiger partial charge < -0.3 is 14.9 Å². The number of aliphatic hydroxyl groups is 2. The lowest BCUT2D eigenvalue weighted by Gasteiger charge is -2.19. The van der Waals surface area contributed by atoms with Crippen LogP contribution in [0.15, 0.2) is 18.3 Å². The first-order chi connectivity index (χ1) is 8.29. The number of pyridine rings is 1. The Balaban J connectivity index is 3.14. The summed E-state index contributed by atoms with van der Waals surface area (Å²) in [6.45, 7) is 0. The van der Waals surface area contributed by atoms with E-state index in [9.17, 15) is 28.2 Å². The van der Waals surface area contributed by atoms with Gasteiger partial charge in [0.2, 0.25) is 0 Å². The zero-order valence-corrected chi connectivity index (χ0v) is 9.18. The SMILES string of the molecule is COC(=O)C(O)C(O)c1ncccc1C(F)(F)F. The zero-order valence-electron chi connectivity index (χ0n) is 9.18. The predicted octanol–water partition coefficient (Wildman–Crippen LogP) is 0.668. The van der Waals surface area contributed by atoms with Crippen molar-refractivity contribution in [1.82, 2.24) is 4.98 Å². The molecule has 0 aliphatic carbocycles. The third-order valence-electron chi connectivity index (χ3n) is 2.17. The van der Waals surface area contributed by atoms with Crippen molar-refractivity contribution in [2.75, 3.05) is 7.11 Å². The maximum Gasteiger partial charge on any atom is 0.418 e. The van der Waals surface area contributed by atoms with Gasteiger partial charge in [0.05, 0.1) is 18.4 Å². The first-order valence-corrected chi connectivity index (χ1v) is 4.75. The quantitative estimate of drug-likeness (QED) is 0.785. The van der Waals surface area contributed by atoms with Crippen LogP contribution in [0.5, 0.6) is 0 Å². The first-order valence-electron chi connectivity index (χ1n) is 4.75. The Bertz CT molecular complexity index is 435. The molecule has 18 heavy (non-hydrogen) atoms. The fourth-order valence-electron chi connectivity index (χ4n) is 1.29. The van der Waals surface area contributed by atoms with Crippen molar-refractivity contribution < 1.29 is 32.9 Å². The topological polar surface area (TPSA) is 79.7 Å². The van der Waals surface area contributed by atoms with E-state index in [0.29, 0.717) is 6.07 Å². The van der Waals surface area contributed by atoms with Crippen LogP contribution in [-0.4, -0.2) is 34.4 Å². The molecule has 0 fully saturated rings. The van der Waals surface area contributed by atoms with Crippen molar-refractivity contribution >= 4 is 5.97 Å². The van der Waals surface area contributed by atoms with E-state index < -0.39 is 35.6 Å². The fraction of sp³-hybridized carbons (Fsp3) is 0.400. The molecule has 0 saturated carbocycles. The number of nitrogens with zero attached hydrogens (tertiary/aromatic N) is 1. The molecule has 0 aliphatic rings. The monoisotopic (exact) mass is 265 g/mol. The molecule has 2 N–H and O–H groups in total. The second-order valence-electron chi connectivity index (χ2n) is 3.35. The average molecular weight is 265 g/mol. The van der Waals surface area contributed by atoms with Gasteiger partial charge in [0.25, 0.3) is 0 Å². The lowest BCUT2D eigenvalue weighted by molar-refractivity contribution is -0.158. The van der Waals surface area contributed by atoms with Crippen molar-refractivity contribution in [3.8, 4) is 0 Å². The molecule has 0 spiro atoms. The van der Waals surface area contributed by atoms with Gasteiger partial charge in [0.15, 0.2) is 6.10 Å². The van der Waals surface area contributed by atoms with Gasteiger partial charge in [-0.05, 0) is 12.1 Å². The molecular formula is C10H10F3NO4. The molecule has 100 valence electrons. The lowest BCUT2D eigenvalue weighted by atomic mass is 10.0. The van der Waals surface area contributed by atoms with E-state index in [1.807, 2.05) is 0 Å². The Hall–Kier alpha value is -1.67. The third-order valence-corrected chi connectivity index (χ3v) is 2.17. The molecule has 2 atom stereocenters. The Kier molecular flexibility index (Phi) is 4.25. The number of carbonyl (C=O) groups is 1. The highest BCUT2D eigenvalue weighted by atomic mass is 19.4. The van der Waals surface area contributed by atoms with Crippen LogP contribution >= 0.6 is 0 Å². The molecule has 0 aromatic carbocycles. The smallest absolute Gasteiger partial charge is 0.418 e. The maximum atomic E-state index is 12.6. The largest absolute Gasteiger partial charge is 0.467 e. The minimum absolute atomic E-state index is 0.690. The Morgan fingerprint density at radius 2 is 2.06 bits per heavy atom. The zero-order chi connectivity index (χ0) is 13.9. The summed E-state index contributed by atoms with van der Waals surface area (Å²) < 4.78 is 41.9. The molecule has 1 heterocycles. The summed E-state index contributed by atoms with van der Waals surface area (Å²) in [5.41, 5.74) is -2.05. The molecule has 1 aromatic rings. The van der Waals surface area contributed by atoms with Crippen molar-refractivity contribution in [2.45, 2.75) is 18.4 Å². The molecule has 0 amide bonds. The highest BCUT2D eigenvalue weighted by Gasteiger charge is 2.38. The number of ether oxygens (including phenoxy) is 1. The van der Waals surface area contributed by atoms with Crippen LogP contribution in [0.4, 0.5) is 13.2 Å². The standard InChI is InChI=1S/C10H10F3NO4/c1-18-9(17)8(16)7(15)6-5(10(11,12)13)3-2-4-14-6/h2-4,7-8,15-16H,1H3. The second-order valence-corrected chi connectivity index (χ2v) is 3.35. The summed E-state index contributed by atoms with van der Waals surface area (Å²) >= 11 is 0. The van der Waals surface area contributed by atoms with Gasteiger partial charge in [-0.3, -0.25) is 4.98 Å². The number of rotatable bonds is 3. The second kappa shape index (κ2) is 5.32. The number of aromatic nitrogens is 1. The minimum atomic E-state index is -4.75. The van der Waals surface area contributed by atoms with E-state index in [0.717, 1.165) is 19.4 Å². The van der Waals surface area contributed by atoms with Gasteiger partial charge in [-0.2, -0.15) is 13.2 Å². The summed E-state index contributed by atoms with van der Waals surface area (Å²) in [6.07, 6.45) is -7.99. The summed E-state index contributed by atoms with van der Waals surface area (Å²) in [5, 5.41) is 18.8. The van der Waals surface area contributed by atoms with Crippen molar-refractivity contribution in [1.29, 1.82) is 0 Å². The predicted molar refractivity (Wildman–Crippen MR) is 52.2 cm³/mol. The third kappa shape index (κ3) is 2.96. The van der Waals surface area contributed by atoms with Crippen molar-refractivity contribution in [3.05, 3.63) is 29.6 Å². The molecule has 0 radical (unpaired) electrons. The van der Waals surface area contributed by atoms with Crippen LogP contribution in [0.25, 0.3) is 0 Å². The Morgan fingerprint density at radius 3 is 2.56 bits per heavy atom. The molecule has 0 bridgehead atoms. The number of aliphatic hydroxyl groups excluding tert-OH is 2. The van der Waals surface area contributed by atoms with Crippen LogP contribution in [-0.2, 0) is 15.7 Å². The highest BCUT2D eigenvalue weighted by Crippen LogP contribution is 2.34. The number of methoxy groups -OCH3 is 1. The normalized spacial score (nSPS) is 15.0. The molecule has 8 heteroatoms. The van der Waals surface area contributed by atoms with Gasteiger partial charge in [-0.25, -0.2) is 4.79 Å². The number of esters is 1. The summed E-state index contributed by atoms with van der Waals surface area (Å²) in [4.78, 5) is 14.3. The average Bonchev–Trinajstić information content (AvgIpc) is 2.35. The lowest BCUT2D eigenvalue weighted by Crippen LogP contribution is -2.31. The van der Waals surface area contributed by atoms with Crippen LogP contribution < -0.4 is 0 Å². The molecule has 5 nitrogen and oxygen atoms in total. The fourth-order valence-corrected chi connectivity index (χ4v) is 1.29. The minimum Gasteiger partial charge on any atom is -0.467 e. The van der Waals surface area contributed by atoms with Gasteiger partial charge in [0.1, 0.15) is 6.10 Å². The van der Waals surface area contributed by atoms with Crippen LogP contribution in [0.1, 0.15) is 17.4 Å². The van der Waals surface area contributed by atoms with Gasteiger partial charge in [-0.15, -0.1) is 0 Å². The Labute approximate surface area is 99.8 Å². The van der Waals surface area contributed by atoms with Crippen LogP contribution in [0, 0.1) is 0 Å². The number of hydrogen-bond donors (Lipinski definition) is 2. The number of carbonyl (C=O) groups excluding carboxylic acids is 1. The van der Waals surface area contributed by atoms with Gasteiger partial charge in [-0.1, -0.05) is 0 Å². The number of hydrogen-bond acceptors (Lipinski definition) is 5. The summed E-state index contributed by atoms with van der Waals surface area (Å²) in [7, 11) is 0.932. The molecule has 0 saturated heterocycles. The number of alkyl halides is 3. The van der Waals surface area contributed by atoms with Gasteiger partial charge in [0, 0.05) is 6.20 Å². The van der Waals surface area contributed by atoms with Crippen molar-refractivity contribution in [2.24, 2.45) is 0 Å². The Morgan fingerprint density at radius 1 is 1.44 bits per heavy atom. The molecule has 0 aliphatic heterocycles. The van der Waals surface area contributed by atoms with E-state index in [-0.39, 0.29) is 0 Å². The number of halogens is 3. The highest BCUT2D eigenvalue weighted by molar-refractivity contribution is 5.75. The maximum absolute atomic E-state index is 12.6. The van der Waals surface area contributed by atoms with Crippen LogP contribution in [0.2, 0.25) is 0 Å². The van der Waals surface area contributed by atoms with E-state index in [1.165, 1.54) is 0 Å². The van der Waals surface area contributed by atoms with E-state index in [4.69, 9.17) is 0 Å². The summed E-state index contributed by atoms with van der Waals surface area (Å²) in [5.74, 6) is -1.25. The molecular weight excluding hydrogens is 255 g/mol.